The Morgan fingerprint density at radius 3 is 2.73 bits per heavy atom. The number of fused-ring (bicyclic) bond motifs is 2. The Morgan fingerprint density at radius 2 is 1.95 bits per heavy atom. The number of esters is 1. The van der Waals surface area contributed by atoms with Crippen LogP contribution in [0.15, 0.2) is 47.1 Å². The first kappa shape index (κ1) is 26.8. The van der Waals surface area contributed by atoms with E-state index in [2.05, 4.69) is 32.9 Å². The van der Waals surface area contributed by atoms with Crippen LogP contribution in [0.4, 0.5) is 0 Å². The first-order valence-corrected chi connectivity index (χ1v) is 13.9. The van der Waals surface area contributed by atoms with Gasteiger partial charge in [0.2, 0.25) is 0 Å². The minimum Gasteiger partial charge on any atom is -0.462 e. The maximum atomic E-state index is 13.8. The van der Waals surface area contributed by atoms with Crippen LogP contribution in [0.5, 0.6) is 0 Å². The zero-order valence-electron chi connectivity index (χ0n) is 22.5. The molecule has 0 aromatic carbocycles. The van der Waals surface area contributed by atoms with Crippen molar-refractivity contribution in [3.8, 4) is 0 Å². The van der Waals surface area contributed by atoms with Crippen molar-refractivity contribution in [2.75, 3.05) is 6.61 Å². The van der Waals surface area contributed by atoms with Crippen molar-refractivity contribution in [1.82, 2.24) is 0 Å². The number of aliphatic hydroxyl groups excluding tert-OH is 1. The molecule has 3 fully saturated rings. The normalized spacial score (nSPS) is 48.6. The lowest BCUT2D eigenvalue weighted by Crippen LogP contribution is -2.58. The molecule has 37 heavy (non-hydrogen) atoms. The van der Waals surface area contributed by atoms with Crippen LogP contribution in [0.1, 0.15) is 72.6 Å². The number of allylic oxidation sites excluding steroid dienone is 4. The van der Waals surface area contributed by atoms with E-state index in [0.717, 1.165) is 32.1 Å². The van der Waals surface area contributed by atoms with E-state index in [0.29, 0.717) is 29.9 Å². The average Bonchev–Trinajstić information content (AvgIpc) is 3.16. The molecule has 1 unspecified atom stereocenters. The van der Waals surface area contributed by atoms with Crippen LogP contribution in [0.2, 0.25) is 0 Å². The predicted molar refractivity (Wildman–Crippen MR) is 138 cm³/mol. The third kappa shape index (κ3) is 5.26. The van der Waals surface area contributed by atoms with Gasteiger partial charge >= 0.3 is 5.97 Å². The average molecular weight is 515 g/mol. The van der Waals surface area contributed by atoms with Crippen LogP contribution in [-0.2, 0) is 23.7 Å². The van der Waals surface area contributed by atoms with Gasteiger partial charge < -0.3 is 29.2 Å². The maximum Gasteiger partial charge on any atom is 0.316 e. The fourth-order valence-corrected chi connectivity index (χ4v) is 6.80. The Bertz CT molecular complexity index is 1010. The second-order valence-electron chi connectivity index (χ2n) is 11.9. The van der Waals surface area contributed by atoms with Gasteiger partial charge in [0.1, 0.15) is 29.8 Å². The van der Waals surface area contributed by atoms with Crippen molar-refractivity contribution in [2.45, 2.75) is 115 Å². The SMILES string of the molecule is CC1=C[C@H]2C(=O)O[C@H]3C[C@@H](C/C=C(\C)C[C@@H](C)/C=C/C=C4\CO[C@H](C1O)[C@@]42O)O[C@@]1(CCC[C@@H](C)O1)C3. The zero-order valence-corrected chi connectivity index (χ0v) is 22.5. The molecule has 2 bridgehead atoms. The number of hydrogen-bond donors (Lipinski definition) is 2. The van der Waals surface area contributed by atoms with E-state index in [-0.39, 0.29) is 18.8 Å². The molecule has 2 N–H and O–H groups in total. The molecule has 7 heteroatoms. The molecule has 1 spiro atoms. The smallest absolute Gasteiger partial charge is 0.316 e. The van der Waals surface area contributed by atoms with Gasteiger partial charge in [0.15, 0.2) is 5.79 Å². The Morgan fingerprint density at radius 1 is 1.14 bits per heavy atom. The minimum absolute atomic E-state index is 0.0850. The molecule has 9 atom stereocenters. The van der Waals surface area contributed by atoms with Crippen LogP contribution in [0, 0.1) is 11.8 Å². The summed E-state index contributed by atoms with van der Waals surface area (Å²) in [6, 6.07) is 0. The molecule has 1 aliphatic carbocycles. The first-order valence-electron chi connectivity index (χ1n) is 13.9. The summed E-state index contributed by atoms with van der Waals surface area (Å²) in [6.07, 6.45) is 12.8. The number of carbonyl (C=O) groups is 1. The van der Waals surface area contributed by atoms with Crippen molar-refractivity contribution < 1.29 is 34.0 Å². The molecule has 0 aromatic rings. The summed E-state index contributed by atoms with van der Waals surface area (Å²) in [5.74, 6) is -1.94. The lowest BCUT2D eigenvalue weighted by atomic mass is 9.71. The van der Waals surface area contributed by atoms with Crippen LogP contribution < -0.4 is 0 Å². The van der Waals surface area contributed by atoms with Gasteiger partial charge in [-0.1, -0.05) is 42.9 Å². The molecule has 204 valence electrons. The predicted octanol–water partition coefficient (Wildman–Crippen LogP) is 4.29. The maximum absolute atomic E-state index is 13.8. The van der Waals surface area contributed by atoms with Crippen molar-refractivity contribution in [3.63, 3.8) is 0 Å². The Labute approximate surface area is 220 Å². The summed E-state index contributed by atoms with van der Waals surface area (Å²) in [6.45, 7) is 8.27. The third-order valence-corrected chi connectivity index (χ3v) is 8.70. The van der Waals surface area contributed by atoms with E-state index in [1.54, 1.807) is 13.0 Å². The standard InChI is InChI=1S/C30H42O7/c1-18-7-5-9-22-17-34-27-26(31)20(3)14-25(30(22,27)33)28(32)35-24-15-23(11-10-19(2)13-18)37-29(16-24)12-6-8-21(4)36-29/h5,7,9-10,14,18,21,23-27,31,33H,6,8,11-13,15-17H2,1-4H3/b7-5+,19-10+,22-9+/t18-,21+,23+,24-,25-,26?,27+,29-,30+/m0/s1. The second kappa shape index (κ2) is 10.4. The molecule has 4 heterocycles. The number of carbonyl (C=O) groups excluding carboxylic acids is 1. The van der Waals surface area contributed by atoms with Gasteiger partial charge in [-0.05, 0) is 63.5 Å². The number of hydrogen-bond acceptors (Lipinski definition) is 7. The van der Waals surface area contributed by atoms with Gasteiger partial charge in [-0.2, -0.15) is 0 Å². The largest absolute Gasteiger partial charge is 0.462 e. The van der Waals surface area contributed by atoms with Gasteiger partial charge in [0.25, 0.3) is 0 Å². The number of ether oxygens (including phenoxy) is 4. The van der Waals surface area contributed by atoms with Crippen molar-refractivity contribution in [2.24, 2.45) is 11.8 Å². The summed E-state index contributed by atoms with van der Waals surface area (Å²) < 4.78 is 25.0. The van der Waals surface area contributed by atoms with Crippen molar-refractivity contribution in [1.29, 1.82) is 0 Å². The van der Waals surface area contributed by atoms with Crippen LogP contribution in [0.3, 0.4) is 0 Å². The quantitative estimate of drug-likeness (QED) is 0.368. The van der Waals surface area contributed by atoms with Gasteiger partial charge in [0.05, 0.1) is 18.8 Å². The van der Waals surface area contributed by atoms with Crippen LogP contribution in [-0.4, -0.2) is 64.7 Å². The van der Waals surface area contributed by atoms with Crippen molar-refractivity contribution in [3.05, 3.63) is 47.1 Å². The Kier molecular flexibility index (Phi) is 7.55. The van der Waals surface area contributed by atoms with Crippen LogP contribution in [0.25, 0.3) is 0 Å². The van der Waals surface area contributed by atoms with E-state index in [9.17, 15) is 15.0 Å². The highest BCUT2D eigenvalue weighted by Crippen LogP contribution is 2.46. The van der Waals surface area contributed by atoms with Crippen LogP contribution >= 0.6 is 0 Å². The van der Waals surface area contributed by atoms with Gasteiger partial charge in [-0.25, -0.2) is 0 Å². The van der Waals surface area contributed by atoms with Gasteiger partial charge in [0, 0.05) is 19.3 Å². The summed E-state index contributed by atoms with van der Waals surface area (Å²) >= 11 is 0. The molecule has 0 saturated carbocycles. The summed E-state index contributed by atoms with van der Waals surface area (Å²) in [5, 5.41) is 22.8. The zero-order chi connectivity index (χ0) is 26.4. The van der Waals surface area contributed by atoms with E-state index < -0.39 is 41.6 Å². The fraction of sp³-hybridized carbons (Fsp3) is 0.700. The highest BCUT2D eigenvalue weighted by Gasteiger charge is 2.60. The monoisotopic (exact) mass is 514 g/mol. The van der Waals surface area contributed by atoms with E-state index in [4.69, 9.17) is 18.9 Å². The molecule has 7 nitrogen and oxygen atoms in total. The molecular weight excluding hydrogens is 472 g/mol. The van der Waals surface area contributed by atoms with Gasteiger partial charge in [-0.3, -0.25) is 4.79 Å². The molecule has 0 aromatic heterocycles. The van der Waals surface area contributed by atoms with Crippen molar-refractivity contribution >= 4 is 5.97 Å². The van der Waals surface area contributed by atoms with E-state index >= 15 is 0 Å². The summed E-state index contributed by atoms with van der Waals surface area (Å²) in [5.41, 5.74) is 0.790. The molecule has 3 saturated heterocycles. The van der Waals surface area contributed by atoms with E-state index in [1.165, 1.54) is 5.57 Å². The van der Waals surface area contributed by atoms with Gasteiger partial charge in [-0.15, -0.1) is 0 Å². The molecule has 5 rings (SSSR count). The molecular formula is C30H42O7. The Hall–Kier alpha value is -1.77. The number of aliphatic hydroxyl groups is 2. The Balaban J connectivity index is 1.52. The highest BCUT2D eigenvalue weighted by molar-refractivity contribution is 5.78. The minimum atomic E-state index is -1.67. The number of rotatable bonds is 0. The lowest BCUT2D eigenvalue weighted by molar-refractivity contribution is -0.325. The molecule has 4 aliphatic heterocycles. The fourth-order valence-electron chi connectivity index (χ4n) is 6.80. The van der Waals surface area contributed by atoms with E-state index in [1.807, 2.05) is 12.2 Å². The topological polar surface area (TPSA) is 94.5 Å². The lowest BCUT2D eigenvalue weighted by Gasteiger charge is -2.48. The molecule has 0 radical (unpaired) electrons. The third-order valence-electron chi connectivity index (χ3n) is 8.70. The molecule has 0 amide bonds. The first-order chi connectivity index (χ1) is 17.6. The molecule has 5 aliphatic rings. The second-order valence-corrected chi connectivity index (χ2v) is 11.9. The highest BCUT2D eigenvalue weighted by atomic mass is 16.7. The summed E-state index contributed by atoms with van der Waals surface area (Å²) in [4.78, 5) is 13.8. The summed E-state index contributed by atoms with van der Waals surface area (Å²) in [7, 11) is 0.